The average Bonchev–Trinajstić information content (AvgIpc) is 2.15. The lowest BCUT2D eigenvalue weighted by Crippen LogP contribution is -2.19. The fourth-order valence-electron chi connectivity index (χ4n) is 2.41. The number of rotatable bonds is 4. The average molecular weight is 204 g/mol. The van der Waals surface area contributed by atoms with Crippen LogP contribution in [-0.4, -0.2) is 10.6 Å². The van der Waals surface area contributed by atoms with E-state index in [1.807, 2.05) is 0 Å². The summed E-state index contributed by atoms with van der Waals surface area (Å²) in [5.41, 5.74) is 0.121. The zero-order valence-corrected chi connectivity index (χ0v) is 9.46. The molecule has 1 N–H and O–H groups in total. The third kappa shape index (κ3) is 3.44. The molecular weight excluding hydrogens is 183 g/mol. The van der Waals surface area contributed by atoms with E-state index in [9.17, 15) is 9.46 Å². The fraction of sp³-hybridized carbons (Fsp3) is 1.00. The standard InChI is InChI=1S/C10H21O2P/c1-2-6-10(13(11)12)9-7-4-3-5-8-9/h9-10,13H,2-8H2,1H3,(H,11,12). The van der Waals surface area contributed by atoms with Crippen LogP contribution in [0.25, 0.3) is 0 Å². The highest BCUT2D eigenvalue weighted by atomic mass is 31.1. The monoisotopic (exact) mass is 204 g/mol. The second-order valence-electron chi connectivity index (χ2n) is 4.13. The summed E-state index contributed by atoms with van der Waals surface area (Å²) in [6.45, 7) is 2.10. The van der Waals surface area contributed by atoms with Crippen LogP contribution in [0.5, 0.6) is 0 Å². The van der Waals surface area contributed by atoms with E-state index in [-0.39, 0.29) is 5.66 Å². The van der Waals surface area contributed by atoms with Crippen molar-refractivity contribution in [3.63, 3.8) is 0 Å². The Kier molecular flexibility index (Phi) is 5.05. The molecule has 2 atom stereocenters. The lowest BCUT2D eigenvalue weighted by molar-refractivity contribution is 0.322. The van der Waals surface area contributed by atoms with Gasteiger partial charge in [0.1, 0.15) is 0 Å². The minimum absolute atomic E-state index is 0.121. The first-order chi connectivity index (χ1) is 6.25. The van der Waals surface area contributed by atoms with Crippen molar-refractivity contribution in [2.24, 2.45) is 5.92 Å². The van der Waals surface area contributed by atoms with E-state index >= 15 is 0 Å². The smallest absolute Gasteiger partial charge is 0.192 e. The third-order valence-corrected chi connectivity index (χ3v) is 4.53. The largest absolute Gasteiger partial charge is 0.346 e. The first kappa shape index (κ1) is 11.3. The van der Waals surface area contributed by atoms with Gasteiger partial charge in [0.2, 0.25) is 0 Å². The van der Waals surface area contributed by atoms with Gasteiger partial charge in [-0.2, -0.15) is 0 Å². The van der Waals surface area contributed by atoms with Gasteiger partial charge in [-0.15, -0.1) is 0 Å². The van der Waals surface area contributed by atoms with Crippen molar-refractivity contribution in [3.05, 3.63) is 0 Å². The van der Waals surface area contributed by atoms with Gasteiger partial charge in [-0.25, -0.2) is 0 Å². The maximum atomic E-state index is 11.2. The molecule has 0 aromatic carbocycles. The molecule has 0 heterocycles. The summed E-state index contributed by atoms with van der Waals surface area (Å²) in [5.74, 6) is 0.546. The van der Waals surface area contributed by atoms with Crippen LogP contribution in [0.2, 0.25) is 0 Å². The SMILES string of the molecule is CCCC(C1CCCCC1)[PH](=O)O. The first-order valence-corrected chi connectivity index (χ1v) is 6.91. The predicted octanol–water partition coefficient (Wildman–Crippen LogP) is 3.20. The Morgan fingerprint density at radius 2 is 2.00 bits per heavy atom. The van der Waals surface area contributed by atoms with E-state index < -0.39 is 8.03 Å². The van der Waals surface area contributed by atoms with Gasteiger partial charge in [0.25, 0.3) is 0 Å². The van der Waals surface area contributed by atoms with Gasteiger partial charge in [-0.3, -0.25) is 4.57 Å². The minimum Gasteiger partial charge on any atom is -0.346 e. The summed E-state index contributed by atoms with van der Waals surface area (Å²) in [4.78, 5) is 9.24. The molecule has 0 saturated heterocycles. The topological polar surface area (TPSA) is 37.3 Å². The Hall–Kier alpha value is 0.190. The second-order valence-corrected chi connectivity index (χ2v) is 5.55. The van der Waals surface area contributed by atoms with Crippen LogP contribution in [0.1, 0.15) is 51.9 Å². The first-order valence-electron chi connectivity index (χ1n) is 5.48. The van der Waals surface area contributed by atoms with E-state index in [2.05, 4.69) is 6.92 Å². The van der Waals surface area contributed by atoms with Gasteiger partial charge >= 0.3 is 0 Å². The van der Waals surface area contributed by atoms with Gasteiger partial charge < -0.3 is 4.89 Å². The summed E-state index contributed by atoms with van der Waals surface area (Å²) in [6.07, 6.45) is 8.20. The second kappa shape index (κ2) is 5.82. The Morgan fingerprint density at radius 1 is 1.38 bits per heavy atom. The number of hydrogen-bond donors (Lipinski definition) is 1. The van der Waals surface area contributed by atoms with Crippen molar-refractivity contribution in [2.45, 2.75) is 57.5 Å². The Morgan fingerprint density at radius 3 is 2.46 bits per heavy atom. The molecule has 1 aliphatic carbocycles. The Balaban J connectivity index is 2.46. The molecule has 2 nitrogen and oxygen atoms in total. The highest BCUT2D eigenvalue weighted by molar-refractivity contribution is 7.38. The molecule has 0 spiro atoms. The molecule has 1 fully saturated rings. The van der Waals surface area contributed by atoms with Crippen molar-refractivity contribution in [1.29, 1.82) is 0 Å². The zero-order chi connectivity index (χ0) is 9.68. The highest BCUT2D eigenvalue weighted by Crippen LogP contribution is 2.39. The van der Waals surface area contributed by atoms with Crippen molar-refractivity contribution in [1.82, 2.24) is 0 Å². The van der Waals surface area contributed by atoms with Gasteiger partial charge in [0.05, 0.1) is 0 Å². The molecule has 0 aromatic heterocycles. The lowest BCUT2D eigenvalue weighted by Gasteiger charge is -2.28. The summed E-state index contributed by atoms with van der Waals surface area (Å²) >= 11 is 0. The van der Waals surface area contributed by atoms with Gasteiger partial charge in [0.15, 0.2) is 8.03 Å². The van der Waals surface area contributed by atoms with Gasteiger partial charge in [-0.05, 0) is 25.2 Å². The molecule has 1 aliphatic rings. The van der Waals surface area contributed by atoms with Gasteiger partial charge in [-0.1, -0.05) is 32.6 Å². The predicted molar refractivity (Wildman–Crippen MR) is 56.5 cm³/mol. The van der Waals surface area contributed by atoms with Crippen LogP contribution in [-0.2, 0) is 4.57 Å². The summed E-state index contributed by atoms with van der Waals surface area (Å²) in [6, 6.07) is 0. The maximum Gasteiger partial charge on any atom is 0.192 e. The molecule has 0 amide bonds. The van der Waals surface area contributed by atoms with Crippen LogP contribution in [0, 0.1) is 5.92 Å². The van der Waals surface area contributed by atoms with Crippen molar-refractivity contribution >= 4 is 8.03 Å². The molecule has 0 aliphatic heterocycles. The van der Waals surface area contributed by atoms with E-state index in [1.54, 1.807) is 0 Å². The molecule has 78 valence electrons. The van der Waals surface area contributed by atoms with Crippen LogP contribution in [0.3, 0.4) is 0 Å². The van der Waals surface area contributed by atoms with Crippen LogP contribution < -0.4 is 0 Å². The third-order valence-electron chi connectivity index (χ3n) is 3.14. The van der Waals surface area contributed by atoms with Gasteiger partial charge in [0, 0.05) is 5.66 Å². The Labute approximate surface area is 81.6 Å². The molecule has 2 unspecified atom stereocenters. The maximum absolute atomic E-state index is 11.2. The van der Waals surface area contributed by atoms with E-state index in [0.717, 1.165) is 12.8 Å². The zero-order valence-electron chi connectivity index (χ0n) is 8.46. The van der Waals surface area contributed by atoms with Crippen molar-refractivity contribution < 1.29 is 9.46 Å². The molecule has 3 heteroatoms. The summed E-state index contributed by atoms with van der Waals surface area (Å²) in [5, 5.41) is 0. The molecule has 0 radical (unpaired) electrons. The molecule has 1 rings (SSSR count). The minimum atomic E-state index is -2.28. The summed E-state index contributed by atoms with van der Waals surface area (Å²) < 4.78 is 11.2. The van der Waals surface area contributed by atoms with Crippen LogP contribution in [0.15, 0.2) is 0 Å². The van der Waals surface area contributed by atoms with E-state index in [4.69, 9.17) is 0 Å². The molecule has 0 bridgehead atoms. The molecule has 13 heavy (non-hydrogen) atoms. The molecular formula is C10H21O2P. The molecule has 0 aromatic rings. The normalized spacial score (nSPS) is 24.2. The van der Waals surface area contributed by atoms with Crippen molar-refractivity contribution in [3.8, 4) is 0 Å². The molecule has 1 saturated carbocycles. The van der Waals surface area contributed by atoms with Crippen molar-refractivity contribution in [2.75, 3.05) is 0 Å². The van der Waals surface area contributed by atoms with E-state index in [0.29, 0.717) is 5.92 Å². The van der Waals surface area contributed by atoms with E-state index in [1.165, 1.54) is 32.1 Å². The Bertz CT molecular complexity index is 164. The lowest BCUT2D eigenvalue weighted by atomic mass is 9.85. The fourth-order valence-corrected chi connectivity index (χ4v) is 3.68. The quantitative estimate of drug-likeness (QED) is 0.714. The van der Waals surface area contributed by atoms with Crippen LogP contribution >= 0.6 is 8.03 Å². The number of hydrogen-bond acceptors (Lipinski definition) is 1. The highest BCUT2D eigenvalue weighted by Gasteiger charge is 2.26. The summed E-state index contributed by atoms with van der Waals surface area (Å²) in [7, 11) is -2.28. The van der Waals surface area contributed by atoms with Crippen LogP contribution in [0.4, 0.5) is 0 Å².